The molecule has 0 aromatic heterocycles. The standard InChI is InChI=1S/C32H25NO5S/c1-21-16-18-24(19-17-21)39(37,38)33-28-20-27(32(36)26-15-9-8-14-25(26)28)29(30(34)22-10-4-2-5-11-22)31(35)23-12-6-3-7-13-23/h2-20,29,33,36H,1H3. The Hall–Kier alpha value is -4.75. The van der Waals surface area contributed by atoms with Crippen LogP contribution in [0.3, 0.4) is 0 Å². The number of phenols is 1. The molecule has 0 radical (unpaired) electrons. The number of sulfonamides is 1. The van der Waals surface area contributed by atoms with Crippen molar-refractivity contribution >= 4 is 38.0 Å². The van der Waals surface area contributed by atoms with Gasteiger partial charge in [-0.1, -0.05) is 103 Å². The quantitative estimate of drug-likeness (QED) is 0.134. The maximum Gasteiger partial charge on any atom is 0.261 e. The molecule has 5 rings (SSSR count). The number of anilines is 1. The van der Waals surface area contributed by atoms with Gasteiger partial charge in [0.15, 0.2) is 11.6 Å². The molecule has 0 spiro atoms. The molecule has 0 unspecified atom stereocenters. The van der Waals surface area contributed by atoms with Gasteiger partial charge >= 0.3 is 0 Å². The summed E-state index contributed by atoms with van der Waals surface area (Å²) in [6.45, 7) is 1.86. The summed E-state index contributed by atoms with van der Waals surface area (Å²) in [6, 6.07) is 31.2. The molecular weight excluding hydrogens is 510 g/mol. The Morgan fingerprint density at radius 1 is 0.692 bits per heavy atom. The molecule has 6 nitrogen and oxygen atoms in total. The van der Waals surface area contributed by atoms with E-state index in [1.54, 1.807) is 97.1 Å². The highest BCUT2D eigenvalue weighted by Gasteiger charge is 2.34. The van der Waals surface area contributed by atoms with E-state index in [4.69, 9.17) is 0 Å². The van der Waals surface area contributed by atoms with Gasteiger partial charge in [-0.3, -0.25) is 14.3 Å². The van der Waals surface area contributed by atoms with E-state index in [0.29, 0.717) is 21.9 Å². The van der Waals surface area contributed by atoms with Crippen molar-refractivity contribution in [2.24, 2.45) is 0 Å². The molecule has 0 heterocycles. The second-order valence-electron chi connectivity index (χ2n) is 9.22. The fourth-order valence-corrected chi connectivity index (χ4v) is 5.62. The van der Waals surface area contributed by atoms with Crippen LogP contribution in [0.4, 0.5) is 5.69 Å². The smallest absolute Gasteiger partial charge is 0.261 e. The van der Waals surface area contributed by atoms with E-state index in [1.165, 1.54) is 18.2 Å². The van der Waals surface area contributed by atoms with Crippen molar-refractivity contribution in [2.75, 3.05) is 4.72 Å². The van der Waals surface area contributed by atoms with Crippen molar-refractivity contribution in [3.05, 3.63) is 138 Å². The van der Waals surface area contributed by atoms with E-state index in [9.17, 15) is 23.1 Å². The number of nitrogens with one attached hydrogen (secondary N) is 1. The Bertz CT molecular complexity index is 1730. The Balaban J connectivity index is 1.71. The number of ketones is 2. The van der Waals surface area contributed by atoms with Crippen LogP contribution in [-0.4, -0.2) is 25.1 Å². The lowest BCUT2D eigenvalue weighted by Gasteiger charge is -2.20. The van der Waals surface area contributed by atoms with Crippen LogP contribution >= 0.6 is 0 Å². The molecule has 0 atom stereocenters. The molecule has 2 N–H and O–H groups in total. The molecular formula is C32H25NO5S. The third-order valence-electron chi connectivity index (χ3n) is 6.57. The third-order valence-corrected chi connectivity index (χ3v) is 7.95. The van der Waals surface area contributed by atoms with Gasteiger partial charge in [0.25, 0.3) is 10.0 Å². The Kier molecular flexibility index (Phi) is 7.00. The number of aryl methyl sites for hydroxylation is 1. The van der Waals surface area contributed by atoms with E-state index >= 15 is 0 Å². The summed E-state index contributed by atoms with van der Waals surface area (Å²) in [6.07, 6.45) is 0. The molecule has 39 heavy (non-hydrogen) atoms. The summed E-state index contributed by atoms with van der Waals surface area (Å²) < 4.78 is 29.3. The first kappa shape index (κ1) is 25.9. The first-order valence-electron chi connectivity index (χ1n) is 12.3. The highest BCUT2D eigenvalue weighted by atomic mass is 32.2. The number of Topliss-reactive ketones (excluding diaryl/α,β-unsaturated/α-hetero) is 2. The zero-order valence-electron chi connectivity index (χ0n) is 21.0. The van der Waals surface area contributed by atoms with Crippen molar-refractivity contribution in [3.63, 3.8) is 0 Å². The predicted octanol–water partition coefficient (Wildman–Crippen LogP) is 6.50. The number of aromatic hydroxyl groups is 1. The van der Waals surface area contributed by atoms with Crippen LogP contribution in [-0.2, 0) is 10.0 Å². The van der Waals surface area contributed by atoms with E-state index in [1.807, 2.05) is 6.92 Å². The van der Waals surface area contributed by atoms with Gasteiger partial charge in [-0.15, -0.1) is 0 Å². The molecule has 7 heteroatoms. The number of carbonyl (C=O) groups is 2. The summed E-state index contributed by atoms with van der Waals surface area (Å²) >= 11 is 0. The van der Waals surface area contributed by atoms with Crippen molar-refractivity contribution in [2.45, 2.75) is 17.7 Å². The molecule has 0 bridgehead atoms. The summed E-state index contributed by atoms with van der Waals surface area (Å²) in [5, 5.41) is 12.1. The Morgan fingerprint density at radius 2 is 1.18 bits per heavy atom. The van der Waals surface area contributed by atoms with Gasteiger partial charge in [-0.2, -0.15) is 0 Å². The number of carbonyl (C=O) groups excluding carboxylic acids is 2. The van der Waals surface area contributed by atoms with Crippen LogP contribution < -0.4 is 4.72 Å². The number of rotatable bonds is 8. The van der Waals surface area contributed by atoms with Crippen LogP contribution in [0, 0.1) is 6.92 Å². The number of phenolic OH excluding ortho intramolecular Hbond substituents is 1. The van der Waals surface area contributed by atoms with Crippen LogP contribution in [0.25, 0.3) is 10.8 Å². The topological polar surface area (TPSA) is 101 Å². The second-order valence-corrected chi connectivity index (χ2v) is 10.9. The van der Waals surface area contributed by atoms with Crippen molar-refractivity contribution in [1.29, 1.82) is 0 Å². The molecule has 0 amide bonds. The highest BCUT2D eigenvalue weighted by molar-refractivity contribution is 7.92. The van der Waals surface area contributed by atoms with Gasteiger partial charge in [-0.05, 0) is 25.1 Å². The molecule has 0 aliphatic rings. The molecule has 0 saturated carbocycles. The number of hydrogen-bond acceptors (Lipinski definition) is 5. The molecule has 0 aliphatic carbocycles. The molecule has 5 aromatic rings. The van der Waals surface area contributed by atoms with E-state index in [-0.39, 0.29) is 21.9 Å². The van der Waals surface area contributed by atoms with Gasteiger partial charge in [0.1, 0.15) is 11.7 Å². The SMILES string of the molecule is Cc1ccc(S(=O)(=O)Nc2cc(C(C(=O)c3ccccc3)C(=O)c3ccccc3)c(O)c3ccccc23)cc1. The molecule has 5 aromatic carbocycles. The van der Waals surface area contributed by atoms with Gasteiger partial charge in [0, 0.05) is 27.5 Å². The zero-order valence-corrected chi connectivity index (χ0v) is 21.9. The minimum Gasteiger partial charge on any atom is -0.507 e. The summed E-state index contributed by atoms with van der Waals surface area (Å²) in [4.78, 5) is 27.7. The van der Waals surface area contributed by atoms with E-state index < -0.39 is 27.5 Å². The van der Waals surface area contributed by atoms with Crippen LogP contribution in [0.5, 0.6) is 5.75 Å². The fraction of sp³-hybridized carbons (Fsp3) is 0.0625. The van der Waals surface area contributed by atoms with E-state index in [2.05, 4.69) is 4.72 Å². The van der Waals surface area contributed by atoms with Gasteiger partial charge in [0.2, 0.25) is 0 Å². The van der Waals surface area contributed by atoms with Crippen LogP contribution in [0.1, 0.15) is 37.8 Å². The minimum absolute atomic E-state index is 0.0120. The first-order valence-corrected chi connectivity index (χ1v) is 13.8. The molecule has 0 aliphatic heterocycles. The van der Waals surface area contributed by atoms with Gasteiger partial charge in [0.05, 0.1) is 10.6 Å². The highest BCUT2D eigenvalue weighted by Crippen LogP contribution is 2.41. The van der Waals surface area contributed by atoms with E-state index in [0.717, 1.165) is 5.56 Å². The zero-order chi connectivity index (χ0) is 27.6. The fourth-order valence-electron chi connectivity index (χ4n) is 4.55. The van der Waals surface area contributed by atoms with Crippen molar-refractivity contribution in [3.8, 4) is 5.75 Å². The predicted molar refractivity (Wildman–Crippen MR) is 152 cm³/mol. The molecule has 0 saturated heterocycles. The lowest BCUT2D eigenvalue weighted by atomic mass is 9.82. The average molecular weight is 536 g/mol. The number of hydrogen-bond donors (Lipinski definition) is 2. The number of fused-ring (bicyclic) bond motifs is 1. The average Bonchev–Trinajstić information content (AvgIpc) is 2.96. The van der Waals surface area contributed by atoms with Gasteiger partial charge < -0.3 is 5.11 Å². The third kappa shape index (κ3) is 5.17. The van der Waals surface area contributed by atoms with Crippen molar-refractivity contribution in [1.82, 2.24) is 0 Å². The largest absolute Gasteiger partial charge is 0.507 e. The van der Waals surface area contributed by atoms with Crippen molar-refractivity contribution < 1.29 is 23.1 Å². The summed E-state index contributed by atoms with van der Waals surface area (Å²) in [7, 11) is -4.02. The molecule has 194 valence electrons. The maximum absolute atomic E-state index is 13.8. The normalized spacial score (nSPS) is 11.4. The van der Waals surface area contributed by atoms with Crippen LogP contribution in [0.15, 0.2) is 120 Å². The molecule has 0 fully saturated rings. The lowest BCUT2D eigenvalue weighted by molar-refractivity contribution is 0.0858. The minimum atomic E-state index is -4.02. The van der Waals surface area contributed by atoms with Crippen LogP contribution in [0.2, 0.25) is 0 Å². The first-order chi connectivity index (χ1) is 18.8. The van der Waals surface area contributed by atoms with Gasteiger partial charge in [-0.25, -0.2) is 8.42 Å². The lowest BCUT2D eigenvalue weighted by Crippen LogP contribution is -2.23. The monoisotopic (exact) mass is 535 g/mol. The Labute approximate surface area is 226 Å². The summed E-state index contributed by atoms with van der Waals surface area (Å²) in [5.41, 5.74) is 1.65. The summed E-state index contributed by atoms with van der Waals surface area (Å²) in [5.74, 6) is -2.70. The number of benzene rings is 5. The maximum atomic E-state index is 13.8. The second kappa shape index (κ2) is 10.6. The Morgan fingerprint density at radius 3 is 1.72 bits per heavy atom.